The van der Waals surface area contributed by atoms with Crippen LogP contribution in [0.5, 0.6) is 0 Å². The van der Waals surface area contributed by atoms with Crippen LogP contribution in [0.3, 0.4) is 0 Å². The molecule has 0 radical (unpaired) electrons. The lowest BCUT2D eigenvalue weighted by Crippen LogP contribution is -2.27. The van der Waals surface area contributed by atoms with Gasteiger partial charge < -0.3 is 9.32 Å². The Labute approximate surface area is 107 Å². The summed E-state index contributed by atoms with van der Waals surface area (Å²) >= 11 is 0. The van der Waals surface area contributed by atoms with Gasteiger partial charge in [0.1, 0.15) is 11.3 Å². The maximum atomic E-state index is 13.2. The number of anilines is 1. The van der Waals surface area contributed by atoms with Gasteiger partial charge in [0.25, 0.3) is 0 Å². The zero-order valence-electron chi connectivity index (χ0n) is 10.4. The molecule has 19 heavy (non-hydrogen) atoms. The lowest BCUT2D eigenvalue weighted by Gasteiger charge is -2.21. The second kappa shape index (κ2) is 4.60. The Morgan fingerprint density at radius 3 is 2.47 bits per heavy atom. The highest BCUT2D eigenvalue weighted by Crippen LogP contribution is 2.39. The fraction of sp³-hybridized carbons (Fsp3) is 0.308. The minimum absolute atomic E-state index is 0.0620. The summed E-state index contributed by atoms with van der Waals surface area (Å²) in [5, 5.41) is -0.107. The van der Waals surface area contributed by atoms with E-state index in [9.17, 15) is 18.0 Å². The van der Waals surface area contributed by atoms with E-state index in [0.29, 0.717) is 0 Å². The third-order valence-corrected chi connectivity index (χ3v) is 2.93. The van der Waals surface area contributed by atoms with Crippen LogP contribution in [0.25, 0.3) is 11.0 Å². The number of nitrogens with zero attached hydrogens (tertiary/aromatic N) is 1. The van der Waals surface area contributed by atoms with Crippen molar-refractivity contribution in [2.45, 2.75) is 13.1 Å². The highest BCUT2D eigenvalue weighted by Gasteiger charge is 2.38. The quantitative estimate of drug-likeness (QED) is 0.786. The van der Waals surface area contributed by atoms with Gasteiger partial charge in [-0.25, -0.2) is 4.79 Å². The van der Waals surface area contributed by atoms with Gasteiger partial charge in [-0.05, 0) is 13.0 Å². The first-order valence-corrected chi connectivity index (χ1v) is 5.70. The Bertz CT molecular complexity index is 661. The molecule has 0 saturated heterocycles. The predicted molar refractivity (Wildman–Crippen MR) is 66.4 cm³/mol. The fourth-order valence-electron chi connectivity index (χ4n) is 1.93. The molecule has 0 unspecified atom stereocenters. The summed E-state index contributed by atoms with van der Waals surface area (Å²) in [4.78, 5) is 13.0. The summed E-state index contributed by atoms with van der Waals surface area (Å²) < 4.78 is 44.7. The van der Waals surface area contributed by atoms with Gasteiger partial charge in [-0.15, -0.1) is 0 Å². The van der Waals surface area contributed by atoms with Crippen LogP contribution in [-0.4, -0.2) is 13.6 Å². The molecule has 0 aliphatic heterocycles. The summed E-state index contributed by atoms with van der Waals surface area (Å²) in [5.74, 6) is 0. The predicted octanol–water partition coefficient (Wildman–Crippen LogP) is 3.27. The summed E-state index contributed by atoms with van der Waals surface area (Å²) in [5.41, 5.74) is -2.43. The van der Waals surface area contributed by atoms with Crippen LogP contribution in [0.1, 0.15) is 12.5 Å². The molecule has 1 aromatic carbocycles. The van der Waals surface area contributed by atoms with Crippen molar-refractivity contribution in [2.75, 3.05) is 18.5 Å². The van der Waals surface area contributed by atoms with Gasteiger partial charge in [-0.1, -0.05) is 18.2 Å². The average Bonchev–Trinajstić information content (AvgIpc) is 2.35. The SMILES string of the molecule is CCN(C)c1c(C(F)(F)F)c2ccccc2oc1=O. The molecular weight excluding hydrogens is 259 g/mol. The first kappa shape index (κ1) is 13.5. The molecule has 0 spiro atoms. The van der Waals surface area contributed by atoms with Crippen molar-refractivity contribution in [1.29, 1.82) is 0 Å². The van der Waals surface area contributed by atoms with E-state index in [0.717, 1.165) is 0 Å². The van der Waals surface area contributed by atoms with Crippen LogP contribution in [-0.2, 0) is 6.18 Å². The van der Waals surface area contributed by atoms with Crippen LogP contribution in [0, 0.1) is 0 Å². The van der Waals surface area contributed by atoms with Crippen LogP contribution < -0.4 is 10.5 Å². The Morgan fingerprint density at radius 1 is 1.26 bits per heavy atom. The molecule has 3 nitrogen and oxygen atoms in total. The highest BCUT2D eigenvalue weighted by atomic mass is 19.4. The van der Waals surface area contributed by atoms with Crippen molar-refractivity contribution in [1.82, 2.24) is 0 Å². The number of fused-ring (bicyclic) bond motifs is 1. The van der Waals surface area contributed by atoms with Gasteiger partial charge in [-0.3, -0.25) is 0 Å². The number of hydrogen-bond donors (Lipinski definition) is 0. The lowest BCUT2D eigenvalue weighted by atomic mass is 10.1. The molecule has 0 aliphatic carbocycles. The zero-order chi connectivity index (χ0) is 14.2. The fourth-order valence-corrected chi connectivity index (χ4v) is 1.93. The average molecular weight is 271 g/mol. The molecule has 102 valence electrons. The minimum Gasteiger partial charge on any atom is -0.421 e. The third kappa shape index (κ3) is 2.30. The topological polar surface area (TPSA) is 33.5 Å². The Kier molecular flexibility index (Phi) is 3.26. The van der Waals surface area contributed by atoms with Crippen molar-refractivity contribution in [3.05, 3.63) is 40.2 Å². The monoisotopic (exact) mass is 271 g/mol. The van der Waals surface area contributed by atoms with Crippen molar-refractivity contribution in [3.8, 4) is 0 Å². The molecule has 0 saturated carbocycles. The standard InChI is InChI=1S/C13H12F3NO2/c1-3-17(2)11-10(13(14,15)16)8-6-4-5-7-9(8)19-12(11)18/h4-7H,3H2,1-2H3. The van der Waals surface area contributed by atoms with Crippen molar-refractivity contribution in [2.24, 2.45) is 0 Å². The van der Waals surface area contributed by atoms with E-state index in [1.165, 1.54) is 36.2 Å². The van der Waals surface area contributed by atoms with Crippen LogP contribution >= 0.6 is 0 Å². The van der Waals surface area contributed by atoms with Crippen LogP contribution in [0.2, 0.25) is 0 Å². The second-order valence-electron chi connectivity index (χ2n) is 4.12. The maximum absolute atomic E-state index is 13.2. The van der Waals surface area contributed by atoms with Gasteiger partial charge in [0.05, 0.1) is 5.56 Å². The van der Waals surface area contributed by atoms with E-state index < -0.39 is 23.1 Å². The Hall–Kier alpha value is -1.98. The minimum atomic E-state index is -4.62. The highest BCUT2D eigenvalue weighted by molar-refractivity contribution is 5.85. The molecule has 0 fully saturated rings. The zero-order valence-corrected chi connectivity index (χ0v) is 10.4. The van der Waals surface area contributed by atoms with E-state index >= 15 is 0 Å². The number of hydrogen-bond acceptors (Lipinski definition) is 3. The Morgan fingerprint density at radius 2 is 1.89 bits per heavy atom. The smallest absolute Gasteiger partial charge is 0.419 e. The van der Waals surface area contributed by atoms with Gasteiger partial charge in [0, 0.05) is 19.0 Å². The number of rotatable bonds is 2. The normalized spacial score (nSPS) is 11.8. The largest absolute Gasteiger partial charge is 0.421 e. The molecule has 0 atom stereocenters. The molecule has 0 N–H and O–H groups in total. The number of para-hydroxylation sites is 1. The van der Waals surface area contributed by atoms with Gasteiger partial charge in [0.2, 0.25) is 0 Å². The van der Waals surface area contributed by atoms with Gasteiger partial charge >= 0.3 is 11.8 Å². The molecule has 1 aromatic heterocycles. The first-order chi connectivity index (χ1) is 8.86. The maximum Gasteiger partial charge on any atom is 0.419 e. The summed E-state index contributed by atoms with van der Waals surface area (Å²) in [6, 6.07) is 5.65. The second-order valence-corrected chi connectivity index (χ2v) is 4.12. The molecule has 1 heterocycles. The van der Waals surface area contributed by atoms with E-state index in [2.05, 4.69) is 0 Å². The van der Waals surface area contributed by atoms with Crippen molar-refractivity contribution >= 4 is 16.7 Å². The first-order valence-electron chi connectivity index (χ1n) is 5.70. The molecule has 0 aliphatic rings. The van der Waals surface area contributed by atoms with Gasteiger partial charge in [-0.2, -0.15) is 13.2 Å². The van der Waals surface area contributed by atoms with Crippen LogP contribution in [0.15, 0.2) is 33.5 Å². The number of benzene rings is 1. The molecule has 2 aromatic rings. The van der Waals surface area contributed by atoms with E-state index in [4.69, 9.17) is 4.42 Å². The summed E-state index contributed by atoms with van der Waals surface area (Å²) in [6.07, 6.45) is -4.62. The van der Waals surface area contributed by atoms with E-state index in [1.807, 2.05) is 0 Å². The lowest BCUT2D eigenvalue weighted by molar-refractivity contribution is -0.136. The van der Waals surface area contributed by atoms with E-state index in [-0.39, 0.29) is 17.5 Å². The number of halogens is 3. The summed E-state index contributed by atoms with van der Waals surface area (Å²) in [6.45, 7) is 1.93. The third-order valence-electron chi connectivity index (χ3n) is 2.93. The Balaban J connectivity index is 2.94. The van der Waals surface area contributed by atoms with Crippen molar-refractivity contribution < 1.29 is 17.6 Å². The molecule has 2 rings (SSSR count). The summed E-state index contributed by atoms with van der Waals surface area (Å²) in [7, 11) is 1.43. The van der Waals surface area contributed by atoms with E-state index in [1.54, 1.807) is 6.92 Å². The van der Waals surface area contributed by atoms with Crippen molar-refractivity contribution in [3.63, 3.8) is 0 Å². The molecule has 6 heteroatoms. The van der Waals surface area contributed by atoms with Crippen LogP contribution in [0.4, 0.5) is 18.9 Å². The van der Waals surface area contributed by atoms with Gasteiger partial charge in [0.15, 0.2) is 0 Å². The molecular formula is C13H12F3NO2. The molecule has 0 amide bonds. The number of alkyl halides is 3. The molecule has 0 bridgehead atoms.